The van der Waals surface area contributed by atoms with Crippen molar-refractivity contribution in [2.45, 2.75) is 24.9 Å². The highest BCUT2D eigenvalue weighted by Gasteiger charge is 2.31. The maximum absolute atomic E-state index is 13.7. The van der Waals surface area contributed by atoms with Crippen LogP contribution in [-0.2, 0) is 27.3 Å². The molecule has 0 aromatic heterocycles. The molecule has 0 aliphatic heterocycles. The highest BCUT2D eigenvalue weighted by molar-refractivity contribution is 5.88. The third kappa shape index (κ3) is 6.36. The summed E-state index contributed by atoms with van der Waals surface area (Å²) < 4.78 is 5.65. The summed E-state index contributed by atoms with van der Waals surface area (Å²) in [4.78, 5) is 39.7. The first-order valence-corrected chi connectivity index (χ1v) is 13.5. The third-order valence-corrected chi connectivity index (χ3v) is 7.27. The Labute approximate surface area is 242 Å². The summed E-state index contributed by atoms with van der Waals surface area (Å²) in [7, 11) is 0. The Kier molecular flexibility index (Phi) is 8.38. The van der Waals surface area contributed by atoms with Crippen LogP contribution in [0.5, 0.6) is 11.5 Å². The predicted molar refractivity (Wildman–Crippen MR) is 155 cm³/mol. The van der Waals surface area contributed by atoms with Crippen molar-refractivity contribution < 1.29 is 34.4 Å². The van der Waals surface area contributed by atoms with E-state index in [-0.39, 0.29) is 37.0 Å². The summed E-state index contributed by atoms with van der Waals surface area (Å²) >= 11 is 0. The van der Waals surface area contributed by atoms with Crippen molar-refractivity contribution in [1.82, 2.24) is 10.2 Å². The van der Waals surface area contributed by atoms with Gasteiger partial charge in [-0.1, -0.05) is 84.9 Å². The lowest BCUT2D eigenvalue weighted by molar-refractivity contribution is -0.145. The molecule has 5 rings (SSSR count). The van der Waals surface area contributed by atoms with Gasteiger partial charge < -0.3 is 30.3 Å². The van der Waals surface area contributed by atoms with Crippen molar-refractivity contribution in [3.63, 3.8) is 0 Å². The van der Waals surface area contributed by atoms with Gasteiger partial charge in [-0.25, -0.2) is 4.79 Å². The van der Waals surface area contributed by atoms with Gasteiger partial charge in [0.15, 0.2) is 11.5 Å². The van der Waals surface area contributed by atoms with Gasteiger partial charge in [0.1, 0.15) is 19.2 Å². The van der Waals surface area contributed by atoms with Crippen LogP contribution in [0.1, 0.15) is 28.2 Å². The largest absolute Gasteiger partial charge is 0.504 e. The number of ether oxygens (including phenoxy) is 1. The second-order valence-corrected chi connectivity index (χ2v) is 10.1. The molecule has 1 aliphatic rings. The van der Waals surface area contributed by atoms with Crippen molar-refractivity contribution in [2.75, 3.05) is 13.2 Å². The molecule has 4 aromatic carbocycles. The van der Waals surface area contributed by atoms with Gasteiger partial charge in [0.25, 0.3) is 0 Å². The number of rotatable bonds is 10. The number of hydrogen-bond acceptors (Lipinski definition) is 6. The van der Waals surface area contributed by atoms with Crippen molar-refractivity contribution in [2.24, 2.45) is 0 Å². The molecule has 0 spiro atoms. The van der Waals surface area contributed by atoms with Gasteiger partial charge in [0, 0.05) is 18.9 Å². The number of nitrogens with one attached hydrogen (secondary N) is 1. The number of phenols is 2. The number of carbonyl (C=O) groups is 3. The molecule has 9 heteroatoms. The molecule has 0 heterocycles. The minimum absolute atomic E-state index is 0.00959. The number of alkyl carbamates (subject to hydrolysis) is 1. The topological polar surface area (TPSA) is 136 Å². The smallest absolute Gasteiger partial charge is 0.407 e. The molecule has 0 saturated heterocycles. The molecule has 214 valence electrons. The average Bonchev–Trinajstić information content (AvgIpc) is 3.31. The average molecular weight is 567 g/mol. The van der Waals surface area contributed by atoms with Crippen LogP contribution in [0.4, 0.5) is 4.79 Å². The standard InChI is InChI=1S/C33H30N2O7/c36-29-15-14-22(17-30(29)37)16-28(32(40)35(19-31(38)39)18-21-8-2-1-3-9-21)34-33(41)42-20-27-25-12-6-4-10-23(25)24-11-5-7-13-26(24)27/h1-15,17,27-28,36-37H,16,18-20H2,(H,34,41)(H,38,39)/t28-/m0/s1. The zero-order valence-corrected chi connectivity index (χ0v) is 22.6. The molecule has 2 amide bonds. The molecular weight excluding hydrogens is 536 g/mol. The van der Waals surface area contributed by atoms with E-state index in [4.69, 9.17) is 4.74 Å². The quantitative estimate of drug-likeness (QED) is 0.205. The SMILES string of the molecule is O=C(O)CN(Cc1ccccc1)C(=O)[C@H](Cc1ccc(O)c(O)c1)NC(=O)OCC1c2ccccc2-c2ccccc21. The molecule has 9 nitrogen and oxygen atoms in total. The molecular formula is C33H30N2O7. The van der Waals surface area contributed by atoms with Crippen molar-refractivity contribution >= 4 is 18.0 Å². The van der Waals surface area contributed by atoms with Gasteiger partial charge in [-0.2, -0.15) is 0 Å². The van der Waals surface area contributed by atoms with E-state index in [0.717, 1.165) is 27.2 Å². The van der Waals surface area contributed by atoms with Crippen LogP contribution in [-0.4, -0.2) is 57.4 Å². The summed E-state index contributed by atoms with van der Waals surface area (Å²) in [6.07, 6.45) is -0.921. The Balaban J connectivity index is 1.36. The number of aromatic hydroxyl groups is 2. The molecule has 0 radical (unpaired) electrons. The predicted octanol–water partition coefficient (Wildman–Crippen LogP) is 4.66. The van der Waals surface area contributed by atoms with Crippen LogP contribution in [0.2, 0.25) is 0 Å². The third-order valence-electron chi connectivity index (χ3n) is 7.27. The number of nitrogens with zero attached hydrogens (tertiary/aromatic N) is 1. The van der Waals surface area contributed by atoms with E-state index in [2.05, 4.69) is 5.32 Å². The van der Waals surface area contributed by atoms with Gasteiger partial charge in [-0.15, -0.1) is 0 Å². The fourth-order valence-electron chi connectivity index (χ4n) is 5.31. The first kappa shape index (κ1) is 28.2. The second-order valence-electron chi connectivity index (χ2n) is 10.1. The minimum Gasteiger partial charge on any atom is -0.504 e. The van der Waals surface area contributed by atoms with Gasteiger partial charge >= 0.3 is 12.1 Å². The number of hydrogen-bond donors (Lipinski definition) is 4. The Morgan fingerprint density at radius 2 is 1.40 bits per heavy atom. The highest BCUT2D eigenvalue weighted by atomic mass is 16.5. The normalized spacial score (nSPS) is 12.6. The van der Waals surface area contributed by atoms with E-state index in [1.807, 2.05) is 54.6 Å². The first-order valence-electron chi connectivity index (χ1n) is 13.5. The number of amides is 2. The number of carbonyl (C=O) groups excluding carboxylic acids is 2. The van der Waals surface area contributed by atoms with E-state index in [1.54, 1.807) is 24.3 Å². The van der Waals surface area contributed by atoms with E-state index >= 15 is 0 Å². The number of aliphatic carboxylic acids is 1. The molecule has 0 saturated carbocycles. The highest BCUT2D eigenvalue weighted by Crippen LogP contribution is 2.44. The molecule has 0 bridgehead atoms. The van der Waals surface area contributed by atoms with Crippen LogP contribution in [0, 0.1) is 0 Å². The summed E-state index contributed by atoms with van der Waals surface area (Å²) in [6, 6.07) is 27.6. The van der Waals surface area contributed by atoms with E-state index < -0.39 is 30.6 Å². The van der Waals surface area contributed by atoms with E-state index in [0.29, 0.717) is 11.1 Å². The van der Waals surface area contributed by atoms with Gasteiger partial charge in [0.2, 0.25) is 5.91 Å². The van der Waals surface area contributed by atoms with E-state index in [9.17, 15) is 29.7 Å². The van der Waals surface area contributed by atoms with Crippen molar-refractivity contribution in [3.05, 3.63) is 119 Å². The molecule has 0 fully saturated rings. The summed E-state index contributed by atoms with van der Waals surface area (Å²) in [6.45, 7) is -0.545. The molecule has 1 atom stereocenters. The number of carboxylic acids is 1. The molecule has 42 heavy (non-hydrogen) atoms. The monoisotopic (exact) mass is 566 g/mol. The Morgan fingerprint density at radius 3 is 2.02 bits per heavy atom. The van der Waals surface area contributed by atoms with Crippen molar-refractivity contribution in [1.29, 1.82) is 0 Å². The lowest BCUT2D eigenvalue weighted by Gasteiger charge is -2.27. The Morgan fingerprint density at radius 1 is 0.786 bits per heavy atom. The second kappa shape index (κ2) is 12.5. The van der Waals surface area contributed by atoms with Crippen LogP contribution < -0.4 is 5.32 Å². The zero-order valence-electron chi connectivity index (χ0n) is 22.6. The molecule has 0 unspecified atom stereocenters. The molecule has 1 aliphatic carbocycles. The lowest BCUT2D eigenvalue weighted by atomic mass is 9.98. The number of phenolic OH excluding ortho intramolecular Hbond substituents is 2. The minimum atomic E-state index is -1.22. The zero-order chi connectivity index (χ0) is 29.6. The van der Waals surface area contributed by atoms with Crippen LogP contribution >= 0.6 is 0 Å². The number of benzene rings is 4. The molecule has 4 aromatic rings. The fraction of sp³-hybridized carbons (Fsp3) is 0.182. The van der Waals surface area contributed by atoms with E-state index in [1.165, 1.54) is 18.2 Å². The maximum atomic E-state index is 13.7. The van der Waals surface area contributed by atoms with Crippen LogP contribution in [0.3, 0.4) is 0 Å². The summed E-state index contributed by atoms with van der Waals surface area (Å²) in [5, 5.41) is 31.9. The maximum Gasteiger partial charge on any atom is 0.407 e. The lowest BCUT2D eigenvalue weighted by Crippen LogP contribution is -2.51. The number of carboxylic acid groups (broad SMARTS) is 1. The first-order chi connectivity index (χ1) is 20.3. The number of fused-ring (bicyclic) bond motifs is 3. The van der Waals surface area contributed by atoms with Crippen LogP contribution in [0.15, 0.2) is 97.1 Å². The Hall–Kier alpha value is -5.31. The molecule has 4 N–H and O–H groups in total. The fourth-order valence-corrected chi connectivity index (χ4v) is 5.31. The summed E-state index contributed by atoms with van der Waals surface area (Å²) in [5.41, 5.74) is 5.38. The Bertz CT molecular complexity index is 1560. The van der Waals surface area contributed by atoms with Gasteiger partial charge in [-0.05, 0) is 45.5 Å². The van der Waals surface area contributed by atoms with Crippen molar-refractivity contribution in [3.8, 4) is 22.6 Å². The van der Waals surface area contributed by atoms with Gasteiger partial charge in [0.05, 0.1) is 0 Å². The van der Waals surface area contributed by atoms with Gasteiger partial charge in [-0.3, -0.25) is 9.59 Å². The summed E-state index contributed by atoms with van der Waals surface area (Å²) in [5.74, 6) is -2.74. The van der Waals surface area contributed by atoms with Crippen LogP contribution in [0.25, 0.3) is 11.1 Å².